The molecule has 8 nitrogen and oxygen atoms in total. The Bertz CT molecular complexity index is 441. The van der Waals surface area contributed by atoms with Gasteiger partial charge in [0.05, 0.1) is 12.8 Å². The molecule has 27 heavy (non-hydrogen) atoms. The molecule has 0 aliphatic rings. The van der Waals surface area contributed by atoms with Crippen molar-refractivity contribution in [2.75, 3.05) is 6.61 Å². The van der Waals surface area contributed by atoms with Gasteiger partial charge in [-0.2, -0.15) is 0 Å². The molecule has 158 valence electrons. The van der Waals surface area contributed by atoms with E-state index in [1.54, 1.807) is 0 Å². The van der Waals surface area contributed by atoms with E-state index >= 15 is 0 Å². The van der Waals surface area contributed by atoms with Gasteiger partial charge in [-0.05, 0) is 12.8 Å². The van der Waals surface area contributed by atoms with Crippen LogP contribution in [0.4, 0.5) is 0 Å². The molecule has 0 fully saturated rings. The third-order valence-corrected chi connectivity index (χ3v) is 4.92. The molecule has 1 atom stereocenters. The van der Waals surface area contributed by atoms with Gasteiger partial charge in [-0.25, -0.2) is 0 Å². The fourth-order valence-electron chi connectivity index (χ4n) is 2.87. The Morgan fingerprint density at radius 3 is 1.70 bits per heavy atom. The fraction of sp³-hybridized carbons (Fsp3) is 0.947. The third-order valence-electron chi connectivity index (χ3n) is 4.92. The zero-order valence-electron chi connectivity index (χ0n) is 17.1. The van der Waals surface area contributed by atoms with Crippen LogP contribution < -0.4 is 0 Å². The Morgan fingerprint density at radius 1 is 0.852 bits per heavy atom. The van der Waals surface area contributed by atoms with E-state index in [-0.39, 0.29) is 5.92 Å². The van der Waals surface area contributed by atoms with Crippen LogP contribution in [0.1, 0.15) is 97.8 Å². The van der Waals surface area contributed by atoms with Crippen molar-refractivity contribution in [1.82, 2.24) is 0 Å². The molecule has 0 N–H and O–H groups in total. The molecule has 0 aromatic rings. The van der Waals surface area contributed by atoms with E-state index in [1.807, 2.05) is 0 Å². The van der Waals surface area contributed by atoms with Crippen molar-refractivity contribution in [3.05, 3.63) is 20.2 Å². The van der Waals surface area contributed by atoms with Crippen molar-refractivity contribution in [1.29, 1.82) is 0 Å². The Morgan fingerprint density at radius 2 is 1.26 bits per heavy atom. The lowest BCUT2D eigenvalue weighted by Crippen LogP contribution is -2.48. The largest absolute Gasteiger partial charge is 0.488 e. The summed E-state index contributed by atoms with van der Waals surface area (Å²) in [5.41, 5.74) is -2.50. The Kier molecular flexibility index (Phi) is 13.4. The molecule has 0 rings (SSSR count). The topological polar surface area (TPSA) is 113 Å². The number of unbranched alkanes of at least 4 members (excludes halogenated alkanes) is 8. The van der Waals surface area contributed by atoms with Gasteiger partial charge in [0.25, 0.3) is 0 Å². The number of ether oxygens (including phenoxy) is 1. The second-order valence-electron chi connectivity index (χ2n) is 7.44. The molecule has 1 unspecified atom stereocenters. The van der Waals surface area contributed by atoms with Gasteiger partial charge in [0, 0.05) is 0 Å². The van der Waals surface area contributed by atoms with Crippen LogP contribution in [-0.4, -0.2) is 28.1 Å². The Balaban J connectivity index is 4.60. The molecule has 0 saturated heterocycles. The number of carbonyl (C=O) groups is 1. The summed E-state index contributed by atoms with van der Waals surface area (Å²) in [6.07, 6.45) is 12.1. The second kappa shape index (κ2) is 14.3. The van der Waals surface area contributed by atoms with E-state index < -0.39 is 28.1 Å². The zero-order valence-corrected chi connectivity index (χ0v) is 17.1. The summed E-state index contributed by atoms with van der Waals surface area (Å²) in [6.45, 7) is 4.29. The average Bonchev–Trinajstić information content (AvgIpc) is 2.63. The summed E-state index contributed by atoms with van der Waals surface area (Å²) in [6, 6.07) is 0. The maximum atomic E-state index is 12.4. The normalized spacial score (nSPS) is 12.6. The van der Waals surface area contributed by atoms with Crippen LogP contribution in [-0.2, 0) is 9.53 Å². The Labute approximate surface area is 162 Å². The van der Waals surface area contributed by atoms with Crippen molar-refractivity contribution in [2.24, 2.45) is 5.92 Å². The van der Waals surface area contributed by atoms with Gasteiger partial charge < -0.3 is 4.74 Å². The van der Waals surface area contributed by atoms with Crippen LogP contribution in [0.5, 0.6) is 0 Å². The smallest absolute Gasteiger partial charge is 0.450 e. The highest BCUT2D eigenvalue weighted by Gasteiger charge is 2.52. The molecule has 0 bridgehead atoms. The third kappa shape index (κ3) is 10.2. The van der Waals surface area contributed by atoms with Gasteiger partial charge in [-0.1, -0.05) is 78.1 Å². The van der Waals surface area contributed by atoms with Crippen LogP contribution in [0.2, 0.25) is 0 Å². The highest BCUT2D eigenvalue weighted by molar-refractivity contribution is 5.72. The number of carbonyl (C=O) groups excluding carboxylic acids is 1. The van der Waals surface area contributed by atoms with Crippen molar-refractivity contribution in [2.45, 2.75) is 103 Å². The molecule has 8 heteroatoms. The summed E-state index contributed by atoms with van der Waals surface area (Å²) in [7, 11) is 0. The van der Waals surface area contributed by atoms with E-state index in [9.17, 15) is 25.0 Å². The van der Waals surface area contributed by atoms with E-state index in [0.717, 1.165) is 51.9 Å². The van der Waals surface area contributed by atoms with Gasteiger partial charge in [0.1, 0.15) is 9.85 Å². The summed E-state index contributed by atoms with van der Waals surface area (Å²) in [5.74, 6) is -0.884. The lowest BCUT2D eigenvalue weighted by Gasteiger charge is -2.18. The maximum absolute atomic E-state index is 12.4. The first-order valence-electron chi connectivity index (χ1n) is 10.2. The van der Waals surface area contributed by atoms with Crippen LogP contribution in [0.3, 0.4) is 0 Å². The lowest BCUT2D eigenvalue weighted by molar-refractivity contribution is -0.793. The standard InChI is InChI=1S/C19H36N2O6/c1-4-6-8-10-11-13-15-17(14-12-9-7-5-2)18(22)27-16-19(3,20(23)24)21(25)26/h17H,4-16H2,1-3H3. The first-order chi connectivity index (χ1) is 12.8. The molecule has 0 aliphatic heterocycles. The predicted molar refractivity (Wildman–Crippen MR) is 104 cm³/mol. The highest BCUT2D eigenvalue weighted by atomic mass is 16.7. The number of nitrogens with zero attached hydrogens (tertiary/aromatic N) is 2. The summed E-state index contributed by atoms with van der Waals surface area (Å²) in [5, 5.41) is 21.9. The zero-order chi connectivity index (χ0) is 20.7. The molecule has 0 saturated carbocycles. The van der Waals surface area contributed by atoms with Crippen LogP contribution in [0.15, 0.2) is 0 Å². The predicted octanol–water partition coefficient (Wildman–Crippen LogP) is 5.14. The van der Waals surface area contributed by atoms with E-state index in [2.05, 4.69) is 13.8 Å². The number of rotatable bonds is 17. The van der Waals surface area contributed by atoms with Gasteiger partial charge in [-0.15, -0.1) is 0 Å². The molecular formula is C19H36N2O6. The highest BCUT2D eigenvalue weighted by Crippen LogP contribution is 2.21. The molecule has 0 heterocycles. The molecular weight excluding hydrogens is 352 g/mol. The van der Waals surface area contributed by atoms with Gasteiger partial charge in [-0.3, -0.25) is 25.0 Å². The average molecular weight is 389 g/mol. The van der Waals surface area contributed by atoms with Crippen molar-refractivity contribution in [3.8, 4) is 0 Å². The first kappa shape index (κ1) is 25.3. The minimum absolute atomic E-state index is 0.337. The number of hydrogen-bond acceptors (Lipinski definition) is 6. The van der Waals surface area contributed by atoms with E-state index in [4.69, 9.17) is 4.74 Å². The van der Waals surface area contributed by atoms with Crippen LogP contribution in [0, 0.1) is 26.1 Å². The summed E-state index contributed by atoms with van der Waals surface area (Å²) in [4.78, 5) is 32.3. The molecule has 0 amide bonds. The lowest BCUT2D eigenvalue weighted by atomic mass is 9.94. The van der Waals surface area contributed by atoms with Crippen LogP contribution >= 0.6 is 0 Å². The summed E-state index contributed by atoms with van der Waals surface area (Å²) < 4.78 is 5.02. The SMILES string of the molecule is CCCCCCCCC(CCCCCC)C(=O)OCC(C)([N+](=O)[O-])[N+](=O)[O-]. The van der Waals surface area contributed by atoms with E-state index in [0.29, 0.717) is 12.8 Å². The number of nitro groups is 2. The monoisotopic (exact) mass is 388 g/mol. The van der Waals surface area contributed by atoms with Gasteiger partial charge >= 0.3 is 11.6 Å². The minimum atomic E-state index is -2.50. The molecule has 0 aliphatic carbocycles. The molecule has 0 spiro atoms. The van der Waals surface area contributed by atoms with Crippen LogP contribution in [0.25, 0.3) is 0 Å². The quantitative estimate of drug-likeness (QED) is 0.112. The van der Waals surface area contributed by atoms with Crippen molar-refractivity contribution in [3.63, 3.8) is 0 Å². The maximum Gasteiger partial charge on any atom is 0.488 e. The molecule has 0 radical (unpaired) electrons. The number of hydrogen-bond donors (Lipinski definition) is 0. The summed E-state index contributed by atoms with van der Waals surface area (Å²) >= 11 is 0. The fourth-order valence-corrected chi connectivity index (χ4v) is 2.87. The Hall–Kier alpha value is -1.73. The van der Waals surface area contributed by atoms with Crippen molar-refractivity contribution < 1.29 is 19.4 Å². The molecule has 0 aromatic carbocycles. The van der Waals surface area contributed by atoms with Gasteiger partial charge in [0.2, 0.25) is 6.61 Å². The van der Waals surface area contributed by atoms with Crippen molar-refractivity contribution >= 4 is 5.97 Å². The molecule has 0 aromatic heterocycles. The second-order valence-corrected chi connectivity index (χ2v) is 7.44. The minimum Gasteiger partial charge on any atom is -0.450 e. The van der Waals surface area contributed by atoms with Gasteiger partial charge in [0.15, 0.2) is 0 Å². The first-order valence-corrected chi connectivity index (χ1v) is 10.2. The number of esters is 1. The van der Waals surface area contributed by atoms with E-state index in [1.165, 1.54) is 19.3 Å².